The standard InChI is InChI=1S/C22H25N5O/c1-15-13-24-20(26-21(15)27(3)4)18-8-5-9-19(12-18)22(28)25-16(2)11-17-7-6-10-23-14-17/h5-10,12-14,16H,11H2,1-4H3,(H,25,28)/t16-/m0/s1. The molecule has 0 bridgehead atoms. The van der Waals surface area contributed by atoms with Crippen molar-refractivity contribution in [3.8, 4) is 11.4 Å². The molecule has 0 fully saturated rings. The summed E-state index contributed by atoms with van der Waals surface area (Å²) >= 11 is 0. The highest BCUT2D eigenvalue weighted by molar-refractivity contribution is 5.95. The highest BCUT2D eigenvalue weighted by Crippen LogP contribution is 2.21. The molecule has 1 aromatic carbocycles. The maximum absolute atomic E-state index is 12.7. The highest BCUT2D eigenvalue weighted by atomic mass is 16.1. The van der Waals surface area contributed by atoms with Gasteiger partial charge in [0.25, 0.3) is 5.91 Å². The van der Waals surface area contributed by atoms with Gasteiger partial charge in [-0.2, -0.15) is 0 Å². The van der Waals surface area contributed by atoms with Crippen LogP contribution in [0.1, 0.15) is 28.4 Å². The SMILES string of the molecule is Cc1cnc(-c2cccc(C(=O)N[C@@H](C)Cc3cccnc3)c2)nc1N(C)C. The third kappa shape index (κ3) is 4.71. The lowest BCUT2D eigenvalue weighted by molar-refractivity contribution is 0.0940. The molecule has 2 aromatic heterocycles. The van der Waals surface area contributed by atoms with Crippen molar-refractivity contribution in [2.75, 3.05) is 19.0 Å². The van der Waals surface area contributed by atoms with Crippen molar-refractivity contribution in [2.24, 2.45) is 0 Å². The first kappa shape index (κ1) is 19.5. The monoisotopic (exact) mass is 375 g/mol. The number of nitrogens with one attached hydrogen (secondary N) is 1. The quantitative estimate of drug-likeness (QED) is 0.716. The second-order valence-electron chi connectivity index (χ2n) is 7.12. The van der Waals surface area contributed by atoms with Gasteiger partial charge in [-0.15, -0.1) is 0 Å². The van der Waals surface area contributed by atoms with Crippen LogP contribution in [0.3, 0.4) is 0 Å². The molecule has 2 heterocycles. The Bertz CT molecular complexity index is 956. The van der Waals surface area contributed by atoms with Gasteiger partial charge in [-0.25, -0.2) is 9.97 Å². The molecule has 0 saturated heterocycles. The van der Waals surface area contributed by atoms with Gasteiger partial charge >= 0.3 is 0 Å². The number of carbonyl (C=O) groups is 1. The molecular formula is C22H25N5O. The number of hydrogen-bond acceptors (Lipinski definition) is 5. The van der Waals surface area contributed by atoms with Crippen LogP contribution in [0.5, 0.6) is 0 Å². The lowest BCUT2D eigenvalue weighted by Gasteiger charge is -2.16. The van der Waals surface area contributed by atoms with Crippen molar-refractivity contribution in [1.29, 1.82) is 0 Å². The van der Waals surface area contributed by atoms with Gasteiger partial charge in [0.2, 0.25) is 0 Å². The summed E-state index contributed by atoms with van der Waals surface area (Å²) < 4.78 is 0. The molecule has 0 radical (unpaired) electrons. The summed E-state index contributed by atoms with van der Waals surface area (Å²) in [5.74, 6) is 1.36. The fraction of sp³-hybridized carbons (Fsp3) is 0.273. The Labute approximate surface area is 165 Å². The highest BCUT2D eigenvalue weighted by Gasteiger charge is 2.13. The van der Waals surface area contributed by atoms with E-state index in [0.29, 0.717) is 11.4 Å². The number of aromatic nitrogens is 3. The Morgan fingerprint density at radius 3 is 2.71 bits per heavy atom. The Morgan fingerprint density at radius 1 is 1.18 bits per heavy atom. The van der Waals surface area contributed by atoms with Gasteiger partial charge in [0, 0.05) is 55.4 Å². The number of hydrogen-bond donors (Lipinski definition) is 1. The fourth-order valence-corrected chi connectivity index (χ4v) is 3.05. The molecule has 3 rings (SSSR count). The first-order chi connectivity index (χ1) is 13.4. The number of rotatable bonds is 6. The Hall–Kier alpha value is -3.28. The molecule has 144 valence electrons. The predicted molar refractivity (Wildman–Crippen MR) is 111 cm³/mol. The van der Waals surface area contributed by atoms with Crippen molar-refractivity contribution < 1.29 is 4.79 Å². The zero-order valence-corrected chi connectivity index (χ0v) is 16.7. The summed E-state index contributed by atoms with van der Waals surface area (Å²) in [6.45, 7) is 3.97. The predicted octanol–water partition coefficient (Wildman–Crippen LogP) is 3.27. The number of aryl methyl sites for hydroxylation is 1. The second kappa shape index (κ2) is 8.61. The maximum atomic E-state index is 12.7. The van der Waals surface area contributed by atoms with E-state index in [1.165, 1.54) is 0 Å². The van der Waals surface area contributed by atoms with Crippen LogP contribution in [0.2, 0.25) is 0 Å². The molecular weight excluding hydrogens is 350 g/mol. The molecule has 6 heteroatoms. The van der Waals surface area contributed by atoms with Crippen molar-refractivity contribution in [1.82, 2.24) is 20.3 Å². The van der Waals surface area contributed by atoms with Crippen LogP contribution in [0, 0.1) is 6.92 Å². The van der Waals surface area contributed by atoms with Crippen molar-refractivity contribution in [3.05, 3.63) is 71.7 Å². The Balaban J connectivity index is 1.75. The van der Waals surface area contributed by atoms with Gasteiger partial charge < -0.3 is 10.2 Å². The van der Waals surface area contributed by atoms with E-state index in [4.69, 9.17) is 0 Å². The molecule has 0 aliphatic heterocycles. The number of amides is 1. The van der Waals surface area contributed by atoms with Crippen LogP contribution >= 0.6 is 0 Å². The summed E-state index contributed by atoms with van der Waals surface area (Å²) in [7, 11) is 3.90. The number of anilines is 1. The average molecular weight is 375 g/mol. The number of carbonyl (C=O) groups excluding carboxylic acids is 1. The van der Waals surface area contributed by atoms with Crippen molar-refractivity contribution >= 4 is 11.7 Å². The van der Waals surface area contributed by atoms with Crippen LogP contribution in [0.4, 0.5) is 5.82 Å². The van der Waals surface area contributed by atoms with Crippen LogP contribution in [0.15, 0.2) is 55.0 Å². The molecule has 0 aliphatic rings. The van der Waals surface area contributed by atoms with Crippen LogP contribution in [-0.4, -0.2) is 41.0 Å². The summed E-state index contributed by atoms with van der Waals surface area (Å²) in [5.41, 5.74) is 3.50. The molecule has 0 unspecified atom stereocenters. The minimum atomic E-state index is -0.113. The van der Waals surface area contributed by atoms with Gasteiger partial charge in [0.1, 0.15) is 5.82 Å². The van der Waals surface area contributed by atoms with E-state index in [2.05, 4.69) is 20.3 Å². The third-order valence-electron chi connectivity index (χ3n) is 4.39. The molecule has 1 N–H and O–H groups in total. The largest absolute Gasteiger partial charge is 0.362 e. The Morgan fingerprint density at radius 2 is 2.00 bits per heavy atom. The maximum Gasteiger partial charge on any atom is 0.251 e. The molecule has 6 nitrogen and oxygen atoms in total. The van der Waals surface area contributed by atoms with E-state index >= 15 is 0 Å². The lowest BCUT2D eigenvalue weighted by atomic mass is 10.1. The number of benzene rings is 1. The van der Waals surface area contributed by atoms with E-state index < -0.39 is 0 Å². The van der Waals surface area contributed by atoms with E-state index in [1.807, 2.05) is 69.4 Å². The third-order valence-corrected chi connectivity index (χ3v) is 4.39. The van der Waals surface area contributed by atoms with Gasteiger partial charge in [-0.3, -0.25) is 9.78 Å². The van der Waals surface area contributed by atoms with Crippen LogP contribution in [-0.2, 0) is 6.42 Å². The lowest BCUT2D eigenvalue weighted by Crippen LogP contribution is -2.34. The van der Waals surface area contributed by atoms with Gasteiger partial charge in [-0.05, 0) is 44.0 Å². The molecule has 28 heavy (non-hydrogen) atoms. The summed E-state index contributed by atoms with van der Waals surface area (Å²) in [6, 6.07) is 11.3. The molecule has 0 aliphatic carbocycles. The summed E-state index contributed by atoms with van der Waals surface area (Å²) in [6.07, 6.45) is 6.10. The Kier molecular flexibility index (Phi) is 5.99. The van der Waals surface area contributed by atoms with Gasteiger partial charge in [0.15, 0.2) is 5.82 Å². The van der Waals surface area contributed by atoms with Crippen LogP contribution in [0.25, 0.3) is 11.4 Å². The number of pyridine rings is 1. The molecule has 0 saturated carbocycles. The van der Waals surface area contributed by atoms with Crippen molar-refractivity contribution in [2.45, 2.75) is 26.3 Å². The minimum absolute atomic E-state index is 0.00340. The average Bonchev–Trinajstić information content (AvgIpc) is 2.69. The normalized spacial score (nSPS) is 11.7. The van der Waals surface area contributed by atoms with E-state index in [0.717, 1.165) is 28.9 Å². The molecule has 1 amide bonds. The molecule has 0 spiro atoms. The topological polar surface area (TPSA) is 71.0 Å². The zero-order valence-electron chi connectivity index (χ0n) is 16.7. The first-order valence-corrected chi connectivity index (χ1v) is 9.25. The van der Waals surface area contributed by atoms with Crippen molar-refractivity contribution in [3.63, 3.8) is 0 Å². The summed E-state index contributed by atoms with van der Waals surface area (Å²) in [5, 5.41) is 3.05. The van der Waals surface area contributed by atoms with E-state index in [-0.39, 0.29) is 11.9 Å². The number of nitrogens with zero attached hydrogens (tertiary/aromatic N) is 4. The second-order valence-corrected chi connectivity index (χ2v) is 7.12. The van der Waals surface area contributed by atoms with Gasteiger partial charge in [-0.1, -0.05) is 18.2 Å². The summed E-state index contributed by atoms with van der Waals surface area (Å²) in [4.78, 5) is 27.8. The minimum Gasteiger partial charge on any atom is -0.362 e. The van der Waals surface area contributed by atoms with Crippen LogP contribution < -0.4 is 10.2 Å². The zero-order chi connectivity index (χ0) is 20.1. The van der Waals surface area contributed by atoms with E-state index in [1.54, 1.807) is 18.5 Å². The van der Waals surface area contributed by atoms with Gasteiger partial charge in [0.05, 0.1) is 0 Å². The molecule has 3 aromatic rings. The fourth-order valence-electron chi connectivity index (χ4n) is 3.05. The molecule has 1 atom stereocenters. The van der Waals surface area contributed by atoms with E-state index in [9.17, 15) is 4.79 Å². The first-order valence-electron chi connectivity index (χ1n) is 9.25. The smallest absolute Gasteiger partial charge is 0.251 e.